The van der Waals surface area contributed by atoms with Gasteiger partial charge < -0.3 is 15.0 Å². The summed E-state index contributed by atoms with van der Waals surface area (Å²) in [7, 11) is 0. The minimum atomic E-state index is -0.427. The maximum Gasteiger partial charge on any atom is 0.242 e. The Kier molecular flexibility index (Phi) is 3.42. The number of carbonyl (C=O) groups is 1. The first-order valence-corrected chi connectivity index (χ1v) is 7.35. The number of nitrogens with zero attached hydrogens (tertiary/aromatic N) is 1. The number of benzene rings is 1. The minimum Gasteiger partial charge on any atom is -0.493 e. The Hall–Kier alpha value is -1.55. The van der Waals surface area contributed by atoms with Crippen molar-refractivity contribution >= 4 is 5.91 Å². The molecule has 0 aliphatic carbocycles. The molecule has 20 heavy (non-hydrogen) atoms. The molecule has 3 rings (SSSR count). The molecule has 4 heteroatoms. The van der Waals surface area contributed by atoms with Crippen LogP contribution in [0.3, 0.4) is 0 Å². The highest BCUT2D eigenvalue weighted by Crippen LogP contribution is 2.26. The van der Waals surface area contributed by atoms with E-state index in [9.17, 15) is 4.79 Å². The average molecular weight is 274 g/mol. The lowest BCUT2D eigenvalue weighted by Crippen LogP contribution is -2.61. The molecule has 4 nitrogen and oxygen atoms in total. The number of rotatable bonds is 3. The highest BCUT2D eigenvalue weighted by atomic mass is 16.5. The van der Waals surface area contributed by atoms with Gasteiger partial charge in [-0.15, -0.1) is 0 Å². The summed E-state index contributed by atoms with van der Waals surface area (Å²) in [5.41, 5.74) is 2.16. The Balaban J connectivity index is 1.63. The predicted octanol–water partition coefficient (Wildman–Crippen LogP) is 1.37. The van der Waals surface area contributed by atoms with Gasteiger partial charge in [-0.25, -0.2) is 0 Å². The molecule has 0 bridgehead atoms. The molecule has 1 fully saturated rings. The number of nitrogens with one attached hydrogen (secondary N) is 1. The van der Waals surface area contributed by atoms with Gasteiger partial charge in [0.05, 0.1) is 12.1 Å². The van der Waals surface area contributed by atoms with E-state index in [1.165, 1.54) is 11.1 Å². The van der Waals surface area contributed by atoms with Crippen LogP contribution < -0.4 is 10.1 Å². The number of ether oxygens (including phenoxy) is 1. The smallest absolute Gasteiger partial charge is 0.242 e. The number of amides is 1. The molecule has 1 amide bonds. The highest BCUT2D eigenvalue weighted by molar-refractivity contribution is 5.86. The van der Waals surface area contributed by atoms with Crippen LogP contribution in [0.1, 0.15) is 25.0 Å². The summed E-state index contributed by atoms with van der Waals surface area (Å²) in [5, 5.41) is 3.26. The molecule has 0 radical (unpaired) electrons. The standard InChI is InChI=1S/C16H22N2O2/c1-16(2)15(19)18(9-7-17-16)8-5-12-3-4-14-13(11-12)6-10-20-14/h3-4,11,17H,5-10H2,1-2H3. The Morgan fingerprint density at radius 2 is 2.25 bits per heavy atom. The normalized spacial score (nSPS) is 20.7. The second-order valence-corrected chi connectivity index (χ2v) is 6.13. The molecule has 0 spiro atoms. The van der Waals surface area contributed by atoms with Crippen LogP contribution in [0.4, 0.5) is 0 Å². The molecule has 108 valence electrons. The van der Waals surface area contributed by atoms with Crippen molar-refractivity contribution in [1.82, 2.24) is 10.2 Å². The predicted molar refractivity (Wildman–Crippen MR) is 78.0 cm³/mol. The highest BCUT2D eigenvalue weighted by Gasteiger charge is 2.34. The number of hydrogen-bond acceptors (Lipinski definition) is 3. The molecule has 1 saturated heterocycles. The van der Waals surface area contributed by atoms with E-state index in [1.807, 2.05) is 18.7 Å². The van der Waals surface area contributed by atoms with Gasteiger partial charge in [0.15, 0.2) is 0 Å². The molecular weight excluding hydrogens is 252 g/mol. The zero-order valence-electron chi connectivity index (χ0n) is 12.2. The first-order valence-electron chi connectivity index (χ1n) is 7.35. The maximum absolute atomic E-state index is 12.3. The number of fused-ring (bicyclic) bond motifs is 1. The van der Waals surface area contributed by atoms with Crippen LogP contribution in [-0.4, -0.2) is 42.6 Å². The Morgan fingerprint density at radius 3 is 3.10 bits per heavy atom. The number of hydrogen-bond donors (Lipinski definition) is 1. The summed E-state index contributed by atoms with van der Waals surface area (Å²) in [4.78, 5) is 14.3. The second-order valence-electron chi connectivity index (χ2n) is 6.13. The Labute approximate surface area is 120 Å². The molecule has 1 aromatic rings. The maximum atomic E-state index is 12.3. The van der Waals surface area contributed by atoms with E-state index in [1.54, 1.807) is 0 Å². The van der Waals surface area contributed by atoms with Crippen LogP contribution in [0, 0.1) is 0 Å². The van der Waals surface area contributed by atoms with E-state index in [2.05, 4.69) is 23.5 Å². The molecule has 0 unspecified atom stereocenters. The number of piperazine rings is 1. The summed E-state index contributed by atoms with van der Waals surface area (Å²) in [5.74, 6) is 1.22. The molecule has 1 N–H and O–H groups in total. The van der Waals surface area contributed by atoms with Gasteiger partial charge in [0.1, 0.15) is 5.75 Å². The fraction of sp³-hybridized carbons (Fsp3) is 0.562. The van der Waals surface area contributed by atoms with Crippen molar-refractivity contribution in [3.8, 4) is 5.75 Å². The van der Waals surface area contributed by atoms with E-state index >= 15 is 0 Å². The summed E-state index contributed by atoms with van der Waals surface area (Å²) >= 11 is 0. The first-order chi connectivity index (χ1) is 9.56. The zero-order chi connectivity index (χ0) is 14.2. The Bertz CT molecular complexity index is 525. The van der Waals surface area contributed by atoms with Gasteiger partial charge in [-0.3, -0.25) is 4.79 Å². The minimum absolute atomic E-state index is 0.202. The molecule has 0 aromatic heterocycles. The average Bonchev–Trinajstić information content (AvgIpc) is 2.88. The largest absolute Gasteiger partial charge is 0.493 e. The Morgan fingerprint density at radius 1 is 1.40 bits per heavy atom. The molecule has 2 aliphatic heterocycles. The van der Waals surface area contributed by atoms with E-state index in [4.69, 9.17) is 4.74 Å². The van der Waals surface area contributed by atoms with Gasteiger partial charge >= 0.3 is 0 Å². The van der Waals surface area contributed by atoms with Crippen molar-refractivity contribution in [1.29, 1.82) is 0 Å². The first kappa shape index (κ1) is 13.4. The summed E-state index contributed by atoms with van der Waals surface area (Å²) < 4.78 is 5.52. The lowest BCUT2D eigenvalue weighted by molar-refractivity contribution is -0.139. The van der Waals surface area contributed by atoms with E-state index in [0.717, 1.165) is 44.8 Å². The number of carbonyl (C=O) groups excluding carboxylic acids is 1. The lowest BCUT2D eigenvalue weighted by Gasteiger charge is -2.38. The lowest BCUT2D eigenvalue weighted by atomic mass is 10.00. The third-order valence-corrected chi connectivity index (χ3v) is 4.19. The van der Waals surface area contributed by atoms with Crippen molar-refractivity contribution in [2.75, 3.05) is 26.2 Å². The van der Waals surface area contributed by atoms with Crippen molar-refractivity contribution in [2.45, 2.75) is 32.2 Å². The second kappa shape index (κ2) is 5.09. The monoisotopic (exact) mass is 274 g/mol. The van der Waals surface area contributed by atoms with Crippen LogP contribution in [0.25, 0.3) is 0 Å². The fourth-order valence-corrected chi connectivity index (χ4v) is 2.95. The van der Waals surface area contributed by atoms with Crippen LogP contribution >= 0.6 is 0 Å². The van der Waals surface area contributed by atoms with Gasteiger partial charge in [-0.2, -0.15) is 0 Å². The molecule has 2 heterocycles. The summed E-state index contributed by atoms with van der Waals surface area (Å²) in [6, 6.07) is 6.39. The van der Waals surface area contributed by atoms with Gasteiger partial charge in [-0.05, 0) is 37.5 Å². The van der Waals surface area contributed by atoms with Crippen LogP contribution in [0.5, 0.6) is 5.75 Å². The SMILES string of the molecule is CC1(C)NCCN(CCc2ccc3c(c2)CCO3)C1=O. The van der Waals surface area contributed by atoms with E-state index in [-0.39, 0.29) is 5.91 Å². The van der Waals surface area contributed by atoms with Crippen LogP contribution in [0.2, 0.25) is 0 Å². The summed E-state index contributed by atoms with van der Waals surface area (Å²) in [6.45, 7) is 7.17. The van der Waals surface area contributed by atoms with Gasteiger partial charge in [-0.1, -0.05) is 12.1 Å². The zero-order valence-corrected chi connectivity index (χ0v) is 12.2. The molecule has 1 aromatic carbocycles. The van der Waals surface area contributed by atoms with Crippen molar-refractivity contribution < 1.29 is 9.53 Å². The van der Waals surface area contributed by atoms with Gasteiger partial charge in [0.25, 0.3) is 0 Å². The van der Waals surface area contributed by atoms with E-state index < -0.39 is 5.54 Å². The molecule has 0 saturated carbocycles. The van der Waals surface area contributed by atoms with Gasteiger partial charge in [0.2, 0.25) is 5.91 Å². The summed E-state index contributed by atoms with van der Waals surface area (Å²) in [6.07, 6.45) is 1.91. The van der Waals surface area contributed by atoms with Gasteiger partial charge in [0, 0.05) is 26.1 Å². The topological polar surface area (TPSA) is 41.6 Å². The van der Waals surface area contributed by atoms with Crippen molar-refractivity contribution in [3.63, 3.8) is 0 Å². The molecule has 0 atom stereocenters. The van der Waals surface area contributed by atoms with Crippen molar-refractivity contribution in [2.24, 2.45) is 0 Å². The third kappa shape index (κ3) is 2.52. The van der Waals surface area contributed by atoms with Crippen LogP contribution in [-0.2, 0) is 17.6 Å². The van der Waals surface area contributed by atoms with E-state index in [0.29, 0.717) is 0 Å². The van der Waals surface area contributed by atoms with Crippen molar-refractivity contribution in [3.05, 3.63) is 29.3 Å². The molecular formula is C16H22N2O2. The fourth-order valence-electron chi connectivity index (χ4n) is 2.95. The third-order valence-electron chi connectivity index (χ3n) is 4.19. The molecule has 2 aliphatic rings. The van der Waals surface area contributed by atoms with Crippen LogP contribution in [0.15, 0.2) is 18.2 Å². The quantitative estimate of drug-likeness (QED) is 0.905.